The van der Waals surface area contributed by atoms with Crippen LogP contribution in [0.3, 0.4) is 0 Å². The van der Waals surface area contributed by atoms with Crippen LogP contribution in [0, 0.1) is 0 Å². The average molecular weight is 247 g/mol. The maximum Gasteiger partial charge on any atom is 0.138 e. The monoisotopic (exact) mass is 246 g/mol. The molecule has 0 aliphatic carbocycles. The highest BCUT2D eigenvalue weighted by atomic mass is 35.5. The fourth-order valence-electron chi connectivity index (χ4n) is 1.93. The molecule has 0 saturated carbocycles. The van der Waals surface area contributed by atoms with Crippen LogP contribution in [0.1, 0.15) is 19.0 Å². The van der Waals surface area contributed by atoms with E-state index in [1.54, 1.807) is 0 Å². The fraction of sp³-hybridized carbons (Fsp3) is 0.778. The van der Waals surface area contributed by atoms with Crippen molar-refractivity contribution in [2.45, 2.75) is 25.9 Å². The molecule has 0 aromatic carbocycles. The number of rotatable bonds is 4. The fourth-order valence-corrected chi connectivity index (χ4v) is 2.55. The van der Waals surface area contributed by atoms with E-state index in [1.165, 1.54) is 18.0 Å². The number of nitrogens with zero attached hydrogens (tertiary/aromatic N) is 3. The van der Waals surface area contributed by atoms with Crippen molar-refractivity contribution in [3.8, 4) is 0 Å². The van der Waals surface area contributed by atoms with Gasteiger partial charge in [-0.25, -0.2) is 0 Å². The summed E-state index contributed by atoms with van der Waals surface area (Å²) >= 11 is 7.26. The largest absolute Gasteiger partial charge is 0.315 e. The summed E-state index contributed by atoms with van der Waals surface area (Å²) in [5.74, 6) is 0. The molecule has 2 heterocycles. The van der Waals surface area contributed by atoms with Gasteiger partial charge in [-0.1, -0.05) is 23.0 Å². The Labute approximate surface area is 98.8 Å². The minimum atomic E-state index is 0.618. The molecule has 1 atom stereocenters. The van der Waals surface area contributed by atoms with Crippen LogP contribution in [0.2, 0.25) is 4.34 Å². The van der Waals surface area contributed by atoms with Crippen molar-refractivity contribution >= 4 is 23.1 Å². The second kappa shape index (κ2) is 5.21. The molecule has 15 heavy (non-hydrogen) atoms. The maximum absolute atomic E-state index is 6.00. The summed E-state index contributed by atoms with van der Waals surface area (Å²) in [6.07, 6.45) is 1.21. The molecule has 6 heteroatoms. The van der Waals surface area contributed by atoms with Gasteiger partial charge in [0.25, 0.3) is 0 Å². The van der Waals surface area contributed by atoms with Crippen LogP contribution in [0.4, 0.5) is 0 Å². The number of nitrogens with one attached hydrogen (secondary N) is 1. The van der Waals surface area contributed by atoms with Crippen LogP contribution >= 0.6 is 23.1 Å². The molecule has 2 rings (SSSR count). The summed E-state index contributed by atoms with van der Waals surface area (Å²) in [5.41, 5.74) is 0.912. The lowest BCUT2D eigenvalue weighted by atomic mass is 10.2. The SMILES string of the molecule is CCN(Cc1nnsc1Cl)C1CCNC1. The zero-order valence-electron chi connectivity index (χ0n) is 8.74. The van der Waals surface area contributed by atoms with Crippen LogP contribution < -0.4 is 5.32 Å². The van der Waals surface area contributed by atoms with Crippen molar-refractivity contribution < 1.29 is 0 Å². The third kappa shape index (κ3) is 2.66. The first kappa shape index (κ1) is 11.3. The lowest BCUT2D eigenvalue weighted by molar-refractivity contribution is 0.208. The van der Waals surface area contributed by atoms with Crippen LogP contribution in [-0.4, -0.2) is 40.2 Å². The standard InChI is InChI=1S/C9H15ClN4S/c1-2-14(7-3-4-11-5-7)6-8-9(10)15-13-12-8/h7,11H,2-6H2,1H3. The molecule has 0 bridgehead atoms. The van der Waals surface area contributed by atoms with Gasteiger partial charge >= 0.3 is 0 Å². The summed E-state index contributed by atoms with van der Waals surface area (Å²) in [6, 6.07) is 0.618. The molecule has 1 fully saturated rings. The molecule has 0 radical (unpaired) electrons. The van der Waals surface area contributed by atoms with Gasteiger partial charge in [-0.3, -0.25) is 4.90 Å². The molecule has 1 aliphatic heterocycles. The third-order valence-corrected chi connectivity index (χ3v) is 3.80. The Morgan fingerprint density at radius 3 is 3.07 bits per heavy atom. The van der Waals surface area contributed by atoms with Crippen LogP contribution in [0.5, 0.6) is 0 Å². The van der Waals surface area contributed by atoms with Crippen molar-refractivity contribution in [2.75, 3.05) is 19.6 Å². The van der Waals surface area contributed by atoms with Gasteiger partial charge < -0.3 is 5.32 Å². The molecule has 4 nitrogen and oxygen atoms in total. The molecule has 1 saturated heterocycles. The highest BCUT2D eigenvalue weighted by Gasteiger charge is 2.22. The van der Waals surface area contributed by atoms with Crippen molar-refractivity contribution in [1.82, 2.24) is 19.8 Å². The Kier molecular flexibility index (Phi) is 3.91. The highest BCUT2D eigenvalue weighted by Crippen LogP contribution is 2.20. The first-order valence-corrected chi connectivity index (χ1v) is 6.38. The summed E-state index contributed by atoms with van der Waals surface area (Å²) in [7, 11) is 0. The van der Waals surface area contributed by atoms with Gasteiger partial charge in [-0.15, -0.1) is 5.10 Å². The van der Waals surface area contributed by atoms with Gasteiger partial charge in [0.1, 0.15) is 10.0 Å². The third-order valence-electron chi connectivity index (χ3n) is 2.82. The van der Waals surface area contributed by atoms with Gasteiger partial charge in [0.15, 0.2) is 0 Å². The topological polar surface area (TPSA) is 41.1 Å². The Bertz CT molecular complexity index is 311. The number of likely N-dealkylation sites (N-methyl/N-ethyl adjacent to an activating group) is 1. The van der Waals surface area contributed by atoms with E-state index in [1.807, 2.05) is 0 Å². The molecule has 1 unspecified atom stereocenters. The average Bonchev–Trinajstić information content (AvgIpc) is 2.86. The van der Waals surface area contributed by atoms with Crippen molar-refractivity contribution in [3.63, 3.8) is 0 Å². The highest BCUT2D eigenvalue weighted by molar-refractivity contribution is 7.10. The molecule has 0 spiro atoms. The first-order chi connectivity index (χ1) is 7.31. The molecular formula is C9H15ClN4S. The molecular weight excluding hydrogens is 232 g/mol. The van der Waals surface area contributed by atoms with E-state index in [9.17, 15) is 0 Å². The van der Waals surface area contributed by atoms with Gasteiger partial charge in [-0.2, -0.15) is 0 Å². The van der Waals surface area contributed by atoms with Gasteiger partial charge in [0, 0.05) is 30.7 Å². The second-order valence-electron chi connectivity index (χ2n) is 3.70. The lowest BCUT2D eigenvalue weighted by Gasteiger charge is -2.25. The second-order valence-corrected chi connectivity index (χ2v) is 5.06. The minimum Gasteiger partial charge on any atom is -0.315 e. The lowest BCUT2D eigenvalue weighted by Crippen LogP contribution is -2.36. The van der Waals surface area contributed by atoms with E-state index in [4.69, 9.17) is 11.6 Å². The van der Waals surface area contributed by atoms with Crippen LogP contribution in [0.15, 0.2) is 0 Å². The molecule has 84 valence electrons. The molecule has 1 N–H and O–H groups in total. The van der Waals surface area contributed by atoms with Crippen molar-refractivity contribution in [1.29, 1.82) is 0 Å². The quantitative estimate of drug-likeness (QED) is 0.872. The zero-order chi connectivity index (χ0) is 10.7. The summed E-state index contributed by atoms with van der Waals surface area (Å²) < 4.78 is 4.57. The van der Waals surface area contributed by atoms with E-state index in [2.05, 4.69) is 26.7 Å². The predicted molar refractivity (Wildman–Crippen MR) is 62.3 cm³/mol. The Balaban J connectivity index is 1.98. The van der Waals surface area contributed by atoms with E-state index in [0.29, 0.717) is 6.04 Å². The van der Waals surface area contributed by atoms with Crippen molar-refractivity contribution in [3.05, 3.63) is 10.0 Å². The Morgan fingerprint density at radius 1 is 1.67 bits per heavy atom. The summed E-state index contributed by atoms with van der Waals surface area (Å²) in [4.78, 5) is 2.41. The number of hydrogen-bond acceptors (Lipinski definition) is 5. The molecule has 1 aliphatic rings. The zero-order valence-corrected chi connectivity index (χ0v) is 10.3. The Hall–Kier alpha value is -0.230. The van der Waals surface area contributed by atoms with Gasteiger partial charge in [-0.05, 0) is 19.5 Å². The smallest absolute Gasteiger partial charge is 0.138 e. The van der Waals surface area contributed by atoms with Crippen molar-refractivity contribution in [2.24, 2.45) is 0 Å². The van der Waals surface area contributed by atoms with E-state index < -0.39 is 0 Å². The van der Waals surface area contributed by atoms with Gasteiger partial charge in [0.05, 0.1) is 0 Å². The Morgan fingerprint density at radius 2 is 2.53 bits per heavy atom. The number of halogens is 1. The van der Waals surface area contributed by atoms with E-state index in [0.717, 1.165) is 36.2 Å². The van der Waals surface area contributed by atoms with E-state index in [-0.39, 0.29) is 0 Å². The summed E-state index contributed by atoms with van der Waals surface area (Å²) in [5, 5.41) is 7.42. The number of hydrogen-bond donors (Lipinski definition) is 1. The molecule has 0 amide bonds. The normalized spacial score (nSPS) is 21.4. The molecule has 1 aromatic heterocycles. The van der Waals surface area contributed by atoms with Crippen LogP contribution in [-0.2, 0) is 6.54 Å². The van der Waals surface area contributed by atoms with Gasteiger partial charge in [0.2, 0.25) is 0 Å². The number of aromatic nitrogens is 2. The summed E-state index contributed by atoms with van der Waals surface area (Å²) in [6.45, 7) is 6.21. The van der Waals surface area contributed by atoms with E-state index >= 15 is 0 Å². The molecule has 1 aromatic rings. The minimum absolute atomic E-state index is 0.618. The van der Waals surface area contributed by atoms with Crippen LogP contribution in [0.25, 0.3) is 0 Å². The first-order valence-electron chi connectivity index (χ1n) is 5.22. The predicted octanol–water partition coefficient (Wildman–Crippen LogP) is 1.38. The maximum atomic E-state index is 6.00.